The largest absolute Gasteiger partial charge is 0.456 e. The van der Waals surface area contributed by atoms with Gasteiger partial charge in [0.1, 0.15) is 5.76 Å². The molecule has 0 spiro atoms. The fourth-order valence-electron chi connectivity index (χ4n) is 1.89. The van der Waals surface area contributed by atoms with E-state index in [4.69, 9.17) is 4.42 Å². The molecule has 5 nitrogen and oxygen atoms in total. The molecule has 0 aliphatic carbocycles. The average Bonchev–Trinajstić information content (AvgIpc) is 2.96. The Hall–Kier alpha value is -2.56. The summed E-state index contributed by atoms with van der Waals surface area (Å²) in [5.41, 5.74) is 2.55. The lowest BCUT2D eigenvalue weighted by Crippen LogP contribution is -2.10. The summed E-state index contributed by atoms with van der Waals surface area (Å²) in [6.45, 7) is 3.75. The number of nitrogens with one attached hydrogen (secondary N) is 2. The molecule has 96 valence electrons. The topological polar surface area (TPSA) is 70.9 Å². The molecular formula is C14H13N3O2. The van der Waals surface area contributed by atoms with Crippen LogP contribution in [0.1, 0.15) is 21.9 Å². The van der Waals surface area contributed by atoms with E-state index in [0.29, 0.717) is 11.4 Å². The Bertz CT molecular complexity index is 735. The SMILES string of the molecule is Cc1cc(C(=O)Nc2ccc3cn[nH]c3c2)oc1C. The Morgan fingerprint density at radius 3 is 2.89 bits per heavy atom. The minimum Gasteiger partial charge on any atom is -0.456 e. The van der Waals surface area contributed by atoms with Gasteiger partial charge in [-0.25, -0.2) is 0 Å². The van der Waals surface area contributed by atoms with E-state index in [-0.39, 0.29) is 5.91 Å². The number of anilines is 1. The lowest BCUT2D eigenvalue weighted by atomic mass is 10.2. The summed E-state index contributed by atoms with van der Waals surface area (Å²) in [5, 5.41) is 10.6. The molecular weight excluding hydrogens is 242 g/mol. The molecule has 0 fully saturated rings. The number of furan rings is 1. The van der Waals surface area contributed by atoms with Gasteiger partial charge in [0.05, 0.1) is 11.7 Å². The number of nitrogens with zero attached hydrogens (tertiary/aromatic N) is 1. The zero-order chi connectivity index (χ0) is 13.4. The van der Waals surface area contributed by atoms with E-state index >= 15 is 0 Å². The van der Waals surface area contributed by atoms with Crippen LogP contribution in [0.15, 0.2) is 34.9 Å². The smallest absolute Gasteiger partial charge is 0.291 e. The summed E-state index contributed by atoms with van der Waals surface area (Å²) in [6, 6.07) is 7.30. The summed E-state index contributed by atoms with van der Waals surface area (Å²) in [4.78, 5) is 12.0. The number of hydrogen-bond acceptors (Lipinski definition) is 3. The number of carbonyl (C=O) groups is 1. The van der Waals surface area contributed by atoms with Crippen molar-refractivity contribution in [3.05, 3.63) is 47.5 Å². The molecule has 2 heterocycles. The fraction of sp³-hybridized carbons (Fsp3) is 0.143. The summed E-state index contributed by atoms with van der Waals surface area (Å²) in [5.74, 6) is 0.823. The van der Waals surface area contributed by atoms with Gasteiger partial charge in [-0.1, -0.05) is 0 Å². The highest BCUT2D eigenvalue weighted by molar-refractivity contribution is 6.03. The van der Waals surface area contributed by atoms with Crippen LogP contribution in [-0.2, 0) is 0 Å². The van der Waals surface area contributed by atoms with Crippen LogP contribution in [0.25, 0.3) is 10.9 Å². The quantitative estimate of drug-likeness (QED) is 0.739. The highest BCUT2D eigenvalue weighted by atomic mass is 16.3. The van der Waals surface area contributed by atoms with Crippen molar-refractivity contribution in [1.82, 2.24) is 10.2 Å². The molecule has 2 N–H and O–H groups in total. The van der Waals surface area contributed by atoms with Crippen LogP contribution in [0.3, 0.4) is 0 Å². The van der Waals surface area contributed by atoms with Crippen molar-refractivity contribution in [2.75, 3.05) is 5.32 Å². The van der Waals surface area contributed by atoms with Gasteiger partial charge in [0.25, 0.3) is 5.91 Å². The number of fused-ring (bicyclic) bond motifs is 1. The van der Waals surface area contributed by atoms with Crippen molar-refractivity contribution in [3.8, 4) is 0 Å². The van der Waals surface area contributed by atoms with Crippen molar-refractivity contribution in [2.24, 2.45) is 0 Å². The average molecular weight is 255 g/mol. The second-order valence-electron chi connectivity index (χ2n) is 4.48. The summed E-state index contributed by atoms with van der Waals surface area (Å²) >= 11 is 0. The highest BCUT2D eigenvalue weighted by Gasteiger charge is 2.12. The fourth-order valence-corrected chi connectivity index (χ4v) is 1.89. The Labute approximate surface area is 109 Å². The number of aryl methyl sites for hydroxylation is 2. The van der Waals surface area contributed by atoms with Gasteiger partial charge in [0, 0.05) is 11.1 Å². The minimum absolute atomic E-state index is 0.255. The van der Waals surface area contributed by atoms with E-state index in [1.165, 1.54) is 0 Å². The molecule has 19 heavy (non-hydrogen) atoms. The number of benzene rings is 1. The van der Waals surface area contributed by atoms with Crippen LogP contribution in [0.2, 0.25) is 0 Å². The van der Waals surface area contributed by atoms with E-state index in [1.54, 1.807) is 12.3 Å². The lowest BCUT2D eigenvalue weighted by Gasteiger charge is -2.02. The molecule has 0 aliphatic rings. The number of hydrogen-bond donors (Lipinski definition) is 2. The third-order valence-corrected chi connectivity index (χ3v) is 3.09. The zero-order valence-electron chi connectivity index (χ0n) is 10.7. The Kier molecular flexibility index (Phi) is 2.59. The predicted octanol–water partition coefficient (Wildman–Crippen LogP) is 3.03. The maximum absolute atomic E-state index is 12.0. The first-order valence-corrected chi connectivity index (χ1v) is 5.95. The maximum atomic E-state index is 12.0. The maximum Gasteiger partial charge on any atom is 0.291 e. The van der Waals surface area contributed by atoms with Gasteiger partial charge in [-0.05, 0) is 43.7 Å². The van der Waals surface area contributed by atoms with Crippen molar-refractivity contribution in [2.45, 2.75) is 13.8 Å². The van der Waals surface area contributed by atoms with Gasteiger partial charge in [0.2, 0.25) is 0 Å². The van der Waals surface area contributed by atoms with Gasteiger partial charge < -0.3 is 9.73 Å². The second kappa shape index (κ2) is 4.28. The Morgan fingerprint density at radius 1 is 1.32 bits per heavy atom. The van der Waals surface area contributed by atoms with Gasteiger partial charge in [0.15, 0.2) is 5.76 Å². The van der Waals surface area contributed by atoms with Crippen LogP contribution in [0.5, 0.6) is 0 Å². The van der Waals surface area contributed by atoms with Crippen LogP contribution in [-0.4, -0.2) is 16.1 Å². The number of aromatic amines is 1. The number of carbonyl (C=O) groups excluding carboxylic acids is 1. The van der Waals surface area contributed by atoms with Crippen molar-refractivity contribution < 1.29 is 9.21 Å². The first-order chi connectivity index (χ1) is 9.13. The molecule has 3 aromatic rings. The molecule has 0 unspecified atom stereocenters. The zero-order valence-corrected chi connectivity index (χ0v) is 10.7. The standard InChI is InChI=1S/C14H13N3O2/c1-8-5-13(19-9(8)2)14(18)16-11-4-3-10-7-15-17-12(10)6-11/h3-7H,1-2H3,(H,15,17)(H,16,18). The van der Waals surface area contributed by atoms with Gasteiger partial charge >= 0.3 is 0 Å². The van der Waals surface area contributed by atoms with E-state index < -0.39 is 0 Å². The number of amides is 1. The molecule has 1 aromatic carbocycles. The normalized spacial score (nSPS) is 10.8. The van der Waals surface area contributed by atoms with E-state index in [2.05, 4.69) is 15.5 Å². The van der Waals surface area contributed by atoms with E-state index in [0.717, 1.165) is 22.2 Å². The molecule has 5 heteroatoms. The number of H-pyrrole nitrogens is 1. The van der Waals surface area contributed by atoms with E-state index in [1.807, 2.05) is 32.0 Å². The van der Waals surface area contributed by atoms with Crippen molar-refractivity contribution >= 4 is 22.5 Å². The second-order valence-corrected chi connectivity index (χ2v) is 4.48. The molecule has 0 saturated heterocycles. The molecule has 0 atom stereocenters. The molecule has 0 saturated carbocycles. The lowest BCUT2D eigenvalue weighted by molar-refractivity contribution is 0.0995. The van der Waals surface area contributed by atoms with Crippen LogP contribution in [0.4, 0.5) is 5.69 Å². The third-order valence-electron chi connectivity index (χ3n) is 3.09. The van der Waals surface area contributed by atoms with Crippen molar-refractivity contribution in [3.63, 3.8) is 0 Å². The molecule has 0 aliphatic heterocycles. The molecule has 2 aromatic heterocycles. The van der Waals surface area contributed by atoms with Crippen LogP contribution < -0.4 is 5.32 Å². The van der Waals surface area contributed by atoms with Gasteiger partial charge in [-0.3, -0.25) is 9.89 Å². The van der Waals surface area contributed by atoms with Gasteiger partial charge in [-0.15, -0.1) is 0 Å². The van der Waals surface area contributed by atoms with Gasteiger partial charge in [-0.2, -0.15) is 5.10 Å². The summed E-state index contributed by atoms with van der Waals surface area (Å²) < 4.78 is 5.39. The molecule has 3 rings (SSSR count). The Balaban J connectivity index is 1.85. The Morgan fingerprint density at radius 2 is 2.16 bits per heavy atom. The number of aromatic nitrogens is 2. The predicted molar refractivity (Wildman–Crippen MR) is 72.2 cm³/mol. The van der Waals surface area contributed by atoms with E-state index in [9.17, 15) is 4.79 Å². The van der Waals surface area contributed by atoms with Crippen LogP contribution >= 0.6 is 0 Å². The minimum atomic E-state index is -0.255. The molecule has 1 amide bonds. The highest BCUT2D eigenvalue weighted by Crippen LogP contribution is 2.19. The monoisotopic (exact) mass is 255 g/mol. The summed E-state index contributed by atoms with van der Waals surface area (Å²) in [6.07, 6.45) is 1.74. The van der Waals surface area contributed by atoms with Crippen molar-refractivity contribution in [1.29, 1.82) is 0 Å². The third kappa shape index (κ3) is 2.10. The number of rotatable bonds is 2. The first-order valence-electron chi connectivity index (χ1n) is 5.95. The molecule has 0 radical (unpaired) electrons. The first kappa shape index (κ1) is 11.5. The molecule has 0 bridgehead atoms. The van der Waals surface area contributed by atoms with Crippen LogP contribution in [0, 0.1) is 13.8 Å². The summed E-state index contributed by atoms with van der Waals surface area (Å²) in [7, 11) is 0.